The number of benzene rings is 1. The zero-order valence-corrected chi connectivity index (χ0v) is 13.3. The highest BCUT2D eigenvalue weighted by atomic mass is 16.8. The maximum Gasteiger partial charge on any atom is 0.311 e. The van der Waals surface area contributed by atoms with E-state index < -0.39 is 5.79 Å². The molecule has 1 aliphatic heterocycles. The van der Waals surface area contributed by atoms with Gasteiger partial charge in [0.15, 0.2) is 0 Å². The Morgan fingerprint density at radius 1 is 1.32 bits per heavy atom. The second-order valence-electron chi connectivity index (χ2n) is 5.29. The summed E-state index contributed by atoms with van der Waals surface area (Å²) in [6.07, 6.45) is 0.651. The van der Waals surface area contributed by atoms with Gasteiger partial charge in [0.2, 0.25) is 5.79 Å². The van der Waals surface area contributed by atoms with E-state index in [0.717, 1.165) is 11.3 Å². The molecule has 0 radical (unpaired) electrons. The third-order valence-corrected chi connectivity index (χ3v) is 3.84. The molecule has 0 saturated heterocycles. The minimum Gasteiger partial charge on any atom is -0.497 e. The number of hydrogen-bond donors (Lipinski definition) is 0. The van der Waals surface area contributed by atoms with Crippen LogP contribution in [0.25, 0.3) is 0 Å². The van der Waals surface area contributed by atoms with E-state index >= 15 is 0 Å². The fraction of sp³-hybridized carbons (Fsp3) is 0.500. The lowest BCUT2D eigenvalue weighted by molar-refractivity contribution is -0.221. The van der Waals surface area contributed by atoms with Crippen molar-refractivity contribution >= 4 is 11.7 Å². The van der Waals surface area contributed by atoms with Gasteiger partial charge in [0.05, 0.1) is 26.4 Å². The van der Waals surface area contributed by atoms with Gasteiger partial charge < -0.3 is 19.0 Å². The quantitative estimate of drug-likeness (QED) is 0.782. The standard InChI is InChI=1S/C16H21NO5/c1-16(21-4)10-13(11-5-7-12(19-2)8-6-11)14(17-22-16)9-15(18)20-3/h5-8,13H,9-10H2,1-4H3/t13-,16-/m0/s1. The normalized spacial score (nSPS) is 24.2. The zero-order valence-electron chi connectivity index (χ0n) is 13.3. The maximum absolute atomic E-state index is 11.6. The third kappa shape index (κ3) is 3.57. The zero-order chi connectivity index (χ0) is 16.2. The molecule has 1 aliphatic rings. The molecule has 6 heteroatoms. The molecule has 120 valence electrons. The average Bonchev–Trinajstić information content (AvgIpc) is 2.56. The second-order valence-corrected chi connectivity index (χ2v) is 5.29. The Hall–Kier alpha value is -2.08. The summed E-state index contributed by atoms with van der Waals surface area (Å²) in [5.41, 5.74) is 1.65. The first kappa shape index (κ1) is 16.3. The molecular weight excluding hydrogens is 286 g/mol. The van der Waals surface area contributed by atoms with Gasteiger partial charge in [-0.2, -0.15) is 0 Å². The topological polar surface area (TPSA) is 66.4 Å². The number of esters is 1. The Balaban J connectivity index is 2.30. The Morgan fingerprint density at radius 2 is 2.00 bits per heavy atom. The first-order chi connectivity index (χ1) is 10.5. The number of oxime groups is 1. The first-order valence-corrected chi connectivity index (χ1v) is 7.02. The van der Waals surface area contributed by atoms with Gasteiger partial charge in [0.25, 0.3) is 0 Å². The molecule has 22 heavy (non-hydrogen) atoms. The number of ether oxygens (including phenoxy) is 3. The van der Waals surface area contributed by atoms with Gasteiger partial charge in [-0.05, 0) is 17.7 Å². The SMILES string of the molecule is COC(=O)CC1=NO[C@](C)(OC)C[C@H]1c1ccc(OC)cc1. The Morgan fingerprint density at radius 3 is 2.55 bits per heavy atom. The molecule has 2 atom stereocenters. The van der Waals surface area contributed by atoms with E-state index in [1.165, 1.54) is 7.11 Å². The summed E-state index contributed by atoms with van der Waals surface area (Å²) < 4.78 is 15.3. The van der Waals surface area contributed by atoms with Crippen LogP contribution in [0.4, 0.5) is 0 Å². The van der Waals surface area contributed by atoms with Crippen LogP contribution in [-0.2, 0) is 19.1 Å². The molecule has 1 aromatic rings. The molecular formula is C16H21NO5. The molecule has 0 aliphatic carbocycles. The van der Waals surface area contributed by atoms with Gasteiger partial charge in [-0.3, -0.25) is 4.79 Å². The highest BCUT2D eigenvalue weighted by Crippen LogP contribution is 2.36. The Bertz CT molecular complexity index is 554. The molecule has 0 bridgehead atoms. The van der Waals surface area contributed by atoms with Crippen LogP contribution in [0.15, 0.2) is 29.4 Å². The third-order valence-electron chi connectivity index (χ3n) is 3.84. The van der Waals surface area contributed by atoms with E-state index in [-0.39, 0.29) is 18.3 Å². The van der Waals surface area contributed by atoms with Crippen molar-refractivity contribution in [3.05, 3.63) is 29.8 Å². The maximum atomic E-state index is 11.6. The van der Waals surface area contributed by atoms with Crippen LogP contribution in [0.2, 0.25) is 0 Å². The van der Waals surface area contributed by atoms with E-state index in [1.807, 2.05) is 31.2 Å². The molecule has 6 nitrogen and oxygen atoms in total. The van der Waals surface area contributed by atoms with Crippen molar-refractivity contribution in [3.63, 3.8) is 0 Å². The van der Waals surface area contributed by atoms with Crippen molar-refractivity contribution in [2.45, 2.75) is 31.5 Å². The smallest absolute Gasteiger partial charge is 0.311 e. The summed E-state index contributed by atoms with van der Waals surface area (Å²) >= 11 is 0. The van der Waals surface area contributed by atoms with E-state index in [2.05, 4.69) is 5.16 Å². The van der Waals surface area contributed by atoms with Crippen LogP contribution in [0, 0.1) is 0 Å². The number of carbonyl (C=O) groups is 1. The summed E-state index contributed by atoms with van der Waals surface area (Å²) in [4.78, 5) is 17.0. The summed E-state index contributed by atoms with van der Waals surface area (Å²) in [5, 5.41) is 4.10. The van der Waals surface area contributed by atoms with Crippen molar-refractivity contribution < 1.29 is 23.8 Å². The summed E-state index contributed by atoms with van der Waals surface area (Å²) in [6, 6.07) is 7.67. The van der Waals surface area contributed by atoms with Gasteiger partial charge >= 0.3 is 5.97 Å². The van der Waals surface area contributed by atoms with Crippen LogP contribution in [0.3, 0.4) is 0 Å². The predicted octanol–water partition coefficient (Wildman–Crippen LogP) is 2.48. The lowest BCUT2D eigenvalue weighted by Crippen LogP contribution is -2.38. The molecule has 0 saturated carbocycles. The number of methoxy groups -OCH3 is 3. The van der Waals surface area contributed by atoms with Crippen molar-refractivity contribution in [2.75, 3.05) is 21.3 Å². The van der Waals surface area contributed by atoms with Gasteiger partial charge in [-0.25, -0.2) is 0 Å². The van der Waals surface area contributed by atoms with Gasteiger partial charge in [-0.15, -0.1) is 0 Å². The highest BCUT2D eigenvalue weighted by Gasteiger charge is 2.38. The lowest BCUT2D eigenvalue weighted by Gasteiger charge is -2.34. The van der Waals surface area contributed by atoms with Crippen molar-refractivity contribution in [2.24, 2.45) is 5.16 Å². The number of rotatable bonds is 5. The number of nitrogens with zero attached hydrogens (tertiary/aromatic N) is 1. The van der Waals surface area contributed by atoms with Crippen LogP contribution in [-0.4, -0.2) is 38.8 Å². The fourth-order valence-electron chi connectivity index (χ4n) is 2.39. The molecule has 1 heterocycles. The predicted molar refractivity (Wildman–Crippen MR) is 80.9 cm³/mol. The highest BCUT2D eigenvalue weighted by molar-refractivity contribution is 6.02. The van der Waals surface area contributed by atoms with Gasteiger partial charge in [0, 0.05) is 26.4 Å². The van der Waals surface area contributed by atoms with E-state index in [9.17, 15) is 4.79 Å². The van der Waals surface area contributed by atoms with Crippen LogP contribution >= 0.6 is 0 Å². The minimum atomic E-state index is -0.815. The van der Waals surface area contributed by atoms with Crippen molar-refractivity contribution in [1.82, 2.24) is 0 Å². The van der Waals surface area contributed by atoms with Crippen LogP contribution in [0.1, 0.15) is 31.2 Å². The first-order valence-electron chi connectivity index (χ1n) is 7.02. The Labute approximate surface area is 130 Å². The molecule has 0 amide bonds. The lowest BCUT2D eigenvalue weighted by atomic mass is 9.85. The number of carbonyl (C=O) groups excluding carboxylic acids is 1. The van der Waals surface area contributed by atoms with E-state index in [1.54, 1.807) is 14.2 Å². The summed E-state index contributed by atoms with van der Waals surface area (Å²) in [6.45, 7) is 1.82. The van der Waals surface area contributed by atoms with Crippen LogP contribution < -0.4 is 4.74 Å². The Kier molecular flexibility index (Phi) is 5.03. The average molecular weight is 307 g/mol. The second kappa shape index (κ2) is 6.79. The van der Waals surface area contributed by atoms with Gasteiger partial charge in [-0.1, -0.05) is 17.3 Å². The van der Waals surface area contributed by atoms with Gasteiger partial charge in [0.1, 0.15) is 5.75 Å². The minimum absolute atomic E-state index is 0.0799. The molecule has 1 aromatic carbocycles. The van der Waals surface area contributed by atoms with Crippen molar-refractivity contribution in [3.8, 4) is 5.75 Å². The molecule has 0 fully saturated rings. The molecule has 0 unspecified atom stereocenters. The molecule has 0 spiro atoms. The summed E-state index contributed by atoms with van der Waals surface area (Å²) in [7, 11) is 4.55. The number of hydrogen-bond acceptors (Lipinski definition) is 6. The largest absolute Gasteiger partial charge is 0.497 e. The molecule has 2 rings (SSSR count). The van der Waals surface area contributed by atoms with E-state index in [0.29, 0.717) is 12.1 Å². The molecule has 0 N–H and O–H groups in total. The monoisotopic (exact) mass is 307 g/mol. The van der Waals surface area contributed by atoms with Crippen LogP contribution in [0.5, 0.6) is 5.75 Å². The molecule has 0 aromatic heterocycles. The fourth-order valence-corrected chi connectivity index (χ4v) is 2.39. The van der Waals surface area contributed by atoms with Crippen molar-refractivity contribution in [1.29, 1.82) is 0 Å². The van der Waals surface area contributed by atoms with E-state index in [4.69, 9.17) is 19.0 Å². The summed E-state index contributed by atoms with van der Waals surface area (Å²) in [5.74, 6) is -0.466.